The molecule has 0 heterocycles. The fourth-order valence-corrected chi connectivity index (χ4v) is 1.34. The van der Waals surface area contributed by atoms with E-state index in [0.717, 1.165) is 3.57 Å². The molecule has 1 rings (SSSR count). The Kier molecular flexibility index (Phi) is 4.43. The van der Waals surface area contributed by atoms with Gasteiger partial charge in [0.1, 0.15) is 9.67 Å². The molecule has 1 atom stereocenters. The first kappa shape index (κ1) is 11.2. The maximum absolute atomic E-state index is 11.2. The zero-order valence-corrected chi connectivity index (χ0v) is 11.3. The van der Waals surface area contributed by atoms with Crippen LogP contribution in [0.3, 0.4) is 0 Å². The predicted molar refractivity (Wildman–Crippen MR) is 68.3 cm³/mol. The standard InChI is InChI=1S/C9H8I2O2/c1-6(10)9(12)13-8-5-3-2-4-7(8)11/h2-6H,1H3. The summed E-state index contributed by atoms with van der Waals surface area (Å²) in [7, 11) is 0. The molecule has 1 aromatic carbocycles. The SMILES string of the molecule is CC(I)C(=O)Oc1ccccc1I. The van der Waals surface area contributed by atoms with E-state index in [9.17, 15) is 4.79 Å². The fourth-order valence-electron chi connectivity index (χ4n) is 0.717. The number of para-hydroxylation sites is 1. The van der Waals surface area contributed by atoms with Gasteiger partial charge >= 0.3 is 5.97 Å². The van der Waals surface area contributed by atoms with Crippen molar-refractivity contribution in [2.24, 2.45) is 0 Å². The second-order valence-electron chi connectivity index (χ2n) is 2.47. The molecule has 0 saturated heterocycles. The van der Waals surface area contributed by atoms with Gasteiger partial charge in [0.25, 0.3) is 0 Å². The Balaban J connectivity index is 2.75. The van der Waals surface area contributed by atoms with Crippen molar-refractivity contribution in [3.63, 3.8) is 0 Å². The van der Waals surface area contributed by atoms with E-state index in [1.165, 1.54) is 0 Å². The lowest BCUT2D eigenvalue weighted by molar-refractivity contribution is -0.133. The zero-order chi connectivity index (χ0) is 9.84. The van der Waals surface area contributed by atoms with Gasteiger partial charge < -0.3 is 4.74 Å². The fraction of sp³-hybridized carbons (Fsp3) is 0.222. The van der Waals surface area contributed by atoms with Gasteiger partial charge in [-0.2, -0.15) is 0 Å². The van der Waals surface area contributed by atoms with Gasteiger partial charge in [0.15, 0.2) is 0 Å². The van der Waals surface area contributed by atoms with Gasteiger partial charge in [-0.15, -0.1) is 0 Å². The molecule has 1 unspecified atom stereocenters. The summed E-state index contributed by atoms with van der Waals surface area (Å²) in [6.45, 7) is 1.80. The molecule has 0 saturated carbocycles. The maximum atomic E-state index is 11.2. The number of hydrogen-bond donors (Lipinski definition) is 0. The Morgan fingerprint density at radius 3 is 2.62 bits per heavy atom. The van der Waals surface area contributed by atoms with E-state index in [2.05, 4.69) is 22.6 Å². The third-order valence-corrected chi connectivity index (χ3v) is 2.77. The van der Waals surface area contributed by atoms with Crippen LogP contribution in [0.2, 0.25) is 0 Å². The molecule has 1 aromatic rings. The van der Waals surface area contributed by atoms with Crippen LogP contribution < -0.4 is 4.74 Å². The van der Waals surface area contributed by atoms with Gasteiger partial charge in [-0.3, -0.25) is 4.79 Å². The first-order chi connectivity index (χ1) is 6.11. The number of ether oxygens (including phenoxy) is 1. The topological polar surface area (TPSA) is 26.3 Å². The lowest BCUT2D eigenvalue weighted by Crippen LogP contribution is -2.17. The van der Waals surface area contributed by atoms with Crippen molar-refractivity contribution in [2.45, 2.75) is 10.8 Å². The van der Waals surface area contributed by atoms with Crippen LogP contribution in [0.25, 0.3) is 0 Å². The van der Waals surface area contributed by atoms with Gasteiger partial charge in [-0.25, -0.2) is 0 Å². The minimum atomic E-state index is -0.204. The molecule has 0 spiro atoms. The summed E-state index contributed by atoms with van der Waals surface area (Å²) >= 11 is 4.17. The monoisotopic (exact) mass is 402 g/mol. The van der Waals surface area contributed by atoms with E-state index in [0.29, 0.717) is 5.75 Å². The lowest BCUT2D eigenvalue weighted by atomic mass is 10.3. The third-order valence-electron chi connectivity index (χ3n) is 1.37. The lowest BCUT2D eigenvalue weighted by Gasteiger charge is -2.06. The Labute approximate surface area is 104 Å². The van der Waals surface area contributed by atoms with Crippen LogP contribution in [0.1, 0.15) is 6.92 Å². The minimum Gasteiger partial charge on any atom is -0.425 e. The van der Waals surface area contributed by atoms with Crippen LogP contribution in [-0.4, -0.2) is 9.89 Å². The number of rotatable bonds is 2. The van der Waals surface area contributed by atoms with Crippen LogP contribution in [0.4, 0.5) is 0 Å². The smallest absolute Gasteiger partial charge is 0.324 e. The molecule has 0 amide bonds. The average molecular weight is 402 g/mol. The molecule has 13 heavy (non-hydrogen) atoms. The van der Waals surface area contributed by atoms with Crippen molar-refractivity contribution >= 4 is 51.2 Å². The number of carbonyl (C=O) groups is 1. The van der Waals surface area contributed by atoms with Gasteiger partial charge in [-0.1, -0.05) is 34.7 Å². The molecule has 0 fully saturated rings. The zero-order valence-electron chi connectivity index (χ0n) is 6.96. The van der Waals surface area contributed by atoms with Crippen LogP contribution in [0.5, 0.6) is 5.75 Å². The summed E-state index contributed by atoms with van der Waals surface area (Å²) in [5.41, 5.74) is 0. The number of carbonyl (C=O) groups excluding carboxylic acids is 1. The molecule has 0 bridgehead atoms. The van der Waals surface area contributed by atoms with E-state index in [-0.39, 0.29) is 9.89 Å². The van der Waals surface area contributed by atoms with Crippen molar-refractivity contribution in [3.05, 3.63) is 27.8 Å². The molecule has 0 N–H and O–H groups in total. The molecule has 70 valence electrons. The highest BCUT2D eigenvalue weighted by Crippen LogP contribution is 2.20. The van der Waals surface area contributed by atoms with Gasteiger partial charge in [-0.05, 0) is 41.6 Å². The minimum absolute atomic E-state index is 0.117. The van der Waals surface area contributed by atoms with Crippen LogP contribution >= 0.6 is 45.2 Å². The van der Waals surface area contributed by atoms with Crippen LogP contribution in [0, 0.1) is 3.57 Å². The Morgan fingerprint density at radius 2 is 2.08 bits per heavy atom. The van der Waals surface area contributed by atoms with Crippen molar-refractivity contribution in [1.82, 2.24) is 0 Å². The summed E-state index contributed by atoms with van der Waals surface area (Å²) in [6.07, 6.45) is 0. The van der Waals surface area contributed by atoms with E-state index in [1.54, 1.807) is 13.0 Å². The second-order valence-corrected chi connectivity index (χ2v) is 5.50. The van der Waals surface area contributed by atoms with E-state index >= 15 is 0 Å². The molecule has 0 radical (unpaired) electrons. The first-order valence-electron chi connectivity index (χ1n) is 3.71. The highest BCUT2D eigenvalue weighted by Gasteiger charge is 2.12. The molecular weight excluding hydrogens is 394 g/mol. The maximum Gasteiger partial charge on any atom is 0.324 e. The first-order valence-corrected chi connectivity index (χ1v) is 6.04. The number of halogens is 2. The predicted octanol–water partition coefficient (Wildman–Crippen LogP) is 3.02. The van der Waals surface area contributed by atoms with E-state index in [4.69, 9.17) is 4.74 Å². The summed E-state index contributed by atoms with van der Waals surface area (Å²) in [5.74, 6) is 0.432. The molecule has 4 heteroatoms. The molecule has 0 aliphatic heterocycles. The van der Waals surface area contributed by atoms with Gasteiger partial charge in [0, 0.05) is 0 Å². The quantitative estimate of drug-likeness (QED) is 0.329. The molecule has 2 nitrogen and oxygen atoms in total. The molecule has 0 aliphatic rings. The molecular formula is C9H8I2O2. The molecule has 0 aliphatic carbocycles. The normalized spacial score (nSPS) is 12.2. The van der Waals surface area contributed by atoms with Crippen LogP contribution in [0.15, 0.2) is 24.3 Å². The number of benzene rings is 1. The van der Waals surface area contributed by atoms with Crippen molar-refractivity contribution < 1.29 is 9.53 Å². The van der Waals surface area contributed by atoms with Crippen molar-refractivity contribution in [1.29, 1.82) is 0 Å². The highest BCUT2D eigenvalue weighted by atomic mass is 127. The van der Waals surface area contributed by atoms with Crippen LogP contribution in [-0.2, 0) is 4.79 Å². The summed E-state index contributed by atoms with van der Waals surface area (Å²) in [5, 5.41) is 0. The number of alkyl halides is 1. The Bertz CT molecular complexity index is 310. The molecule has 0 aromatic heterocycles. The summed E-state index contributed by atoms with van der Waals surface area (Å²) in [6, 6.07) is 7.45. The number of esters is 1. The van der Waals surface area contributed by atoms with Crippen molar-refractivity contribution in [3.8, 4) is 5.75 Å². The third kappa shape index (κ3) is 3.41. The Hall–Kier alpha value is 0.150. The van der Waals surface area contributed by atoms with E-state index < -0.39 is 0 Å². The van der Waals surface area contributed by atoms with Gasteiger partial charge in [0.05, 0.1) is 3.57 Å². The van der Waals surface area contributed by atoms with E-state index in [1.807, 2.05) is 40.8 Å². The highest BCUT2D eigenvalue weighted by molar-refractivity contribution is 14.1. The summed E-state index contributed by atoms with van der Waals surface area (Å²) in [4.78, 5) is 11.2. The van der Waals surface area contributed by atoms with Crippen molar-refractivity contribution in [2.75, 3.05) is 0 Å². The largest absolute Gasteiger partial charge is 0.425 e. The van der Waals surface area contributed by atoms with Gasteiger partial charge in [0.2, 0.25) is 0 Å². The second kappa shape index (κ2) is 5.14. The number of hydrogen-bond acceptors (Lipinski definition) is 2. The Morgan fingerprint density at radius 1 is 1.46 bits per heavy atom. The average Bonchev–Trinajstić information content (AvgIpc) is 2.08. The summed E-state index contributed by atoms with van der Waals surface area (Å²) < 4.78 is 5.99.